The maximum Gasteiger partial charge on any atom is 0.0961 e. The van der Waals surface area contributed by atoms with E-state index in [-0.39, 0.29) is 0 Å². The summed E-state index contributed by atoms with van der Waals surface area (Å²) < 4.78 is 2.04. The van der Waals surface area contributed by atoms with Crippen molar-refractivity contribution >= 4 is 0 Å². The van der Waals surface area contributed by atoms with Gasteiger partial charge in [0.1, 0.15) is 0 Å². The van der Waals surface area contributed by atoms with Gasteiger partial charge >= 0.3 is 0 Å². The molecule has 2 aromatic rings. The summed E-state index contributed by atoms with van der Waals surface area (Å²) in [7, 11) is 2.05. The van der Waals surface area contributed by atoms with Crippen molar-refractivity contribution in [1.29, 1.82) is 0 Å². The molecule has 1 aromatic carbocycles. The monoisotopic (exact) mass is 241 g/mol. The summed E-state index contributed by atoms with van der Waals surface area (Å²) >= 11 is 0. The molecular formula is C15H19N3. The Bertz CT molecular complexity index is 542. The van der Waals surface area contributed by atoms with Gasteiger partial charge in [0.25, 0.3) is 0 Å². The Morgan fingerprint density at radius 1 is 1.33 bits per heavy atom. The lowest BCUT2D eigenvalue weighted by Gasteiger charge is -2.22. The highest BCUT2D eigenvalue weighted by Crippen LogP contribution is 2.37. The van der Waals surface area contributed by atoms with Crippen LogP contribution in [-0.4, -0.2) is 16.3 Å². The SMILES string of the molecule is Cn1nc(-c2ccccc2)c2c1CCCC2CN. The summed E-state index contributed by atoms with van der Waals surface area (Å²) in [6, 6.07) is 10.4. The smallest absolute Gasteiger partial charge is 0.0961 e. The molecule has 0 fully saturated rings. The summed E-state index contributed by atoms with van der Waals surface area (Å²) in [5, 5.41) is 4.72. The van der Waals surface area contributed by atoms with Crippen LogP contribution in [0.15, 0.2) is 30.3 Å². The second-order valence-electron chi connectivity index (χ2n) is 5.02. The highest BCUT2D eigenvalue weighted by Gasteiger charge is 2.27. The second kappa shape index (κ2) is 4.58. The van der Waals surface area contributed by atoms with E-state index in [1.54, 1.807) is 0 Å². The molecule has 3 rings (SSSR count). The van der Waals surface area contributed by atoms with Crippen molar-refractivity contribution in [1.82, 2.24) is 9.78 Å². The topological polar surface area (TPSA) is 43.8 Å². The lowest BCUT2D eigenvalue weighted by molar-refractivity contribution is 0.541. The van der Waals surface area contributed by atoms with Crippen molar-refractivity contribution in [2.75, 3.05) is 6.54 Å². The van der Waals surface area contributed by atoms with Gasteiger partial charge in [-0.3, -0.25) is 4.68 Å². The van der Waals surface area contributed by atoms with E-state index < -0.39 is 0 Å². The first-order chi connectivity index (χ1) is 8.81. The number of fused-ring (bicyclic) bond motifs is 1. The molecule has 0 bridgehead atoms. The highest BCUT2D eigenvalue weighted by atomic mass is 15.3. The fourth-order valence-corrected chi connectivity index (χ4v) is 3.01. The summed E-state index contributed by atoms with van der Waals surface area (Å²) in [4.78, 5) is 0. The molecule has 0 spiro atoms. The molecule has 1 aromatic heterocycles. The Balaban J connectivity index is 2.17. The Morgan fingerprint density at radius 3 is 2.83 bits per heavy atom. The van der Waals surface area contributed by atoms with Crippen LogP contribution >= 0.6 is 0 Å². The molecule has 0 saturated heterocycles. The fourth-order valence-electron chi connectivity index (χ4n) is 3.01. The molecule has 0 radical (unpaired) electrons. The van der Waals surface area contributed by atoms with E-state index in [0.29, 0.717) is 5.92 Å². The molecule has 1 heterocycles. The minimum atomic E-state index is 0.470. The number of nitrogens with zero attached hydrogens (tertiary/aromatic N) is 2. The zero-order valence-electron chi connectivity index (χ0n) is 10.8. The quantitative estimate of drug-likeness (QED) is 0.877. The van der Waals surface area contributed by atoms with E-state index in [1.165, 1.54) is 29.7 Å². The van der Waals surface area contributed by atoms with Crippen molar-refractivity contribution in [3.63, 3.8) is 0 Å². The minimum absolute atomic E-state index is 0.470. The van der Waals surface area contributed by atoms with Gasteiger partial charge in [0.05, 0.1) is 5.69 Å². The van der Waals surface area contributed by atoms with Crippen LogP contribution in [0.3, 0.4) is 0 Å². The first-order valence-electron chi connectivity index (χ1n) is 6.62. The number of hydrogen-bond donors (Lipinski definition) is 1. The Hall–Kier alpha value is -1.61. The molecular weight excluding hydrogens is 222 g/mol. The molecule has 1 atom stereocenters. The van der Waals surface area contributed by atoms with Crippen molar-refractivity contribution in [3.05, 3.63) is 41.6 Å². The van der Waals surface area contributed by atoms with Gasteiger partial charge in [-0.15, -0.1) is 0 Å². The third-order valence-electron chi connectivity index (χ3n) is 3.91. The second-order valence-corrected chi connectivity index (χ2v) is 5.02. The maximum absolute atomic E-state index is 5.94. The summed E-state index contributed by atoms with van der Waals surface area (Å²) in [5.74, 6) is 0.470. The van der Waals surface area contributed by atoms with Crippen molar-refractivity contribution in [2.45, 2.75) is 25.2 Å². The first kappa shape index (κ1) is 11.5. The molecule has 2 N–H and O–H groups in total. The largest absolute Gasteiger partial charge is 0.330 e. The van der Waals surface area contributed by atoms with E-state index in [0.717, 1.165) is 18.7 Å². The van der Waals surface area contributed by atoms with E-state index in [4.69, 9.17) is 10.8 Å². The molecule has 18 heavy (non-hydrogen) atoms. The van der Waals surface area contributed by atoms with Crippen molar-refractivity contribution < 1.29 is 0 Å². The van der Waals surface area contributed by atoms with Gasteiger partial charge in [-0.1, -0.05) is 30.3 Å². The molecule has 3 nitrogen and oxygen atoms in total. The number of hydrogen-bond acceptors (Lipinski definition) is 2. The molecule has 0 amide bonds. The van der Waals surface area contributed by atoms with Gasteiger partial charge in [-0.2, -0.15) is 5.10 Å². The van der Waals surface area contributed by atoms with Gasteiger partial charge in [0.2, 0.25) is 0 Å². The van der Waals surface area contributed by atoms with Crippen molar-refractivity contribution in [3.8, 4) is 11.3 Å². The molecule has 1 unspecified atom stereocenters. The third kappa shape index (κ3) is 1.75. The standard InChI is InChI=1S/C15H19N3/c1-18-13-9-5-8-12(10-16)14(13)15(17-18)11-6-3-2-4-7-11/h2-4,6-7,12H,5,8-10,16H2,1H3. The number of rotatable bonds is 2. The van der Waals surface area contributed by atoms with Gasteiger partial charge in [0, 0.05) is 29.8 Å². The van der Waals surface area contributed by atoms with Crippen LogP contribution in [0, 0.1) is 0 Å². The average molecular weight is 241 g/mol. The average Bonchev–Trinajstić information content (AvgIpc) is 2.77. The Labute approximate surface area is 108 Å². The van der Waals surface area contributed by atoms with E-state index in [9.17, 15) is 0 Å². The molecule has 0 aliphatic heterocycles. The normalized spacial score (nSPS) is 18.7. The zero-order valence-corrected chi connectivity index (χ0v) is 10.8. The summed E-state index contributed by atoms with van der Waals surface area (Å²) in [5.41, 5.74) is 11.0. The predicted molar refractivity (Wildman–Crippen MR) is 73.4 cm³/mol. The van der Waals surface area contributed by atoms with Gasteiger partial charge in [-0.05, 0) is 25.8 Å². The van der Waals surface area contributed by atoms with Crippen LogP contribution in [0.1, 0.15) is 30.0 Å². The van der Waals surface area contributed by atoms with E-state index in [1.807, 2.05) is 17.8 Å². The van der Waals surface area contributed by atoms with Gasteiger partial charge in [0.15, 0.2) is 0 Å². The number of aromatic nitrogens is 2. The van der Waals surface area contributed by atoms with Crippen LogP contribution in [0.5, 0.6) is 0 Å². The van der Waals surface area contributed by atoms with Crippen molar-refractivity contribution in [2.24, 2.45) is 12.8 Å². The van der Waals surface area contributed by atoms with Gasteiger partial charge in [-0.25, -0.2) is 0 Å². The molecule has 94 valence electrons. The molecule has 0 saturated carbocycles. The van der Waals surface area contributed by atoms with Crippen LogP contribution < -0.4 is 5.73 Å². The van der Waals surface area contributed by atoms with Crippen LogP contribution in [-0.2, 0) is 13.5 Å². The van der Waals surface area contributed by atoms with E-state index in [2.05, 4.69) is 24.3 Å². The third-order valence-corrected chi connectivity index (χ3v) is 3.91. The predicted octanol–water partition coefficient (Wildman–Crippen LogP) is 2.47. The maximum atomic E-state index is 5.94. The molecule has 3 heteroatoms. The molecule has 1 aliphatic rings. The lowest BCUT2D eigenvalue weighted by atomic mass is 9.84. The van der Waals surface area contributed by atoms with Crippen LogP contribution in [0.2, 0.25) is 0 Å². The minimum Gasteiger partial charge on any atom is -0.330 e. The highest BCUT2D eigenvalue weighted by molar-refractivity contribution is 5.65. The van der Waals surface area contributed by atoms with Gasteiger partial charge < -0.3 is 5.73 Å². The Kier molecular flexibility index (Phi) is 2.92. The van der Waals surface area contributed by atoms with E-state index >= 15 is 0 Å². The van der Waals surface area contributed by atoms with Crippen LogP contribution in [0.4, 0.5) is 0 Å². The van der Waals surface area contributed by atoms with Crippen LogP contribution in [0.25, 0.3) is 11.3 Å². The summed E-state index contributed by atoms with van der Waals surface area (Å²) in [6.45, 7) is 0.721. The molecule has 1 aliphatic carbocycles. The number of benzene rings is 1. The number of nitrogens with two attached hydrogens (primary N) is 1. The summed E-state index contributed by atoms with van der Waals surface area (Å²) in [6.07, 6.45) is 3.54. The first-order valence-corrected chi connectivity index (χ1v) is 6.62. The Morgan fingerprint density at radius 2 is 2.11 bits per heavy atom. The lowest BCUT2D eigenvalue weighted by Crippen LogP contribution is -2.19. The zero-order chi connectivity index (χ0) is 12.5. The number of aryl methyl sites for hydroxylation is 1. The fraction of sp³-hybridized carbons (Fsp3) is 0.400.